The van der Waals surface area contributed by atoms with Crippen molar-refractivity contribution in [3.63, 3.8) is 0 Å². The van der Waals surface area contributed by atoms with Gasteiger partial charge in [0, 0.05) is 45.8 Å². The van der Waals surface area contributed by atoms with E-state index in [9.17, 15) is 19.2 Å². The summed E-state index contributed by atoms with van der Waals surface area (Å²) in [6.45, 7) is 10.3. The SMILES string of the molecule is CC[C@H](C)[C@@H]([C@@H](CC(=O)N1CCCC1[C@H](OC)[C@@H](C)C(=O)N[C@@H](Cc1ccccc1)c1nnc(-c2ccccc2)o1)OC)N(C)C(=O)C(NC(=O)[C@H]1N[C@@H]2CC[C@H]1C2)C(C)C. The van der Waals surface area contributed by atoms with Gasteiger partial charge in [0.25, 0.3) is 0 Å². The van der Waals surface area contributed by atoms with E-state index in [1.165, 1.54) is 0 Å². The van der Waals surface area contributed by atoms with Gasteiger partial charge in [-0.1, -0.05) is 89.6 Å². The molecule has 3 heterocycles. The molecule has 0 spiro atoms. The number of likely N-dealkylation sites (tertiary alicyclic amines) is 1. The number of hydrogen-bond acceptors (Lipinski definition) is 10. The fourth-order valence-electron chi connectivity index (χ4n) is 9.86. The molecule has 14 nitrogen and oxygen atoms in total. The highest BCUT2D eigenvalue weighted by Gasteiger charge is 2.46. The number of nitrogens with one attached hydrogen (secondary N) is 3. The number of hydrogen-bond donors (Lipinski definition) is 3. The van der Waals surface area contributed by atoms with E-state index >= 15 is 0 Å². The lowest BCUT2D eigenvalue weighted by Gasteiger charge is -2.41. The van der Waals surface area contributed by atoms with Gasteiger partial charge in [-0.3, -0.25) is 19.2 Å². The third-order valence-corrected chi connectivity index (χ3v) is 13.5. The molecule has 3 aromatic rings. The molecule has 0 radical (unpaired) electrons. The van der Waals surface area contributed by atoms with Crippen LogP contribution in [-0.2, 0) is 35.1 Å². The Kier molecular flexibility index (Phi) is 15.7. The zero-order chi connectivity index (χ0) is 43.8. The number of rotatable bonds is 20. The van der Waals surface area contributed by atoms with Crippen LogP contribution >= 0.6 is 0 Å². The van der Waals surface area contributed by atoms with Gasteiger partial charge in [-0.15, -0.1) is 10.2 Å². The lowest BCUT2D eigenvalue weighted by Crippen LogP contribution is -2.59. The predicted octanol–water partition coefficient (Wildman–Crippen LogP) is 5.34. The van der Waals surface area contributed by atoms with Crippen molar-refractivity contribution in [3.8, 4) is 11.5 Å². The molecule has 1 saturated carbocycles. The second kappa shape index (κ2) is 20.9. The van der Waals surface area contributed by atoms with Crippen LogP contribution in [0.15, 0.2) is 65.1 Å². The first-order chi connectivity index (χ1) is 29.3. The molecular formula is C47H67N7O7. The Morgan fingerprint density at radius 1 is 0.934 bits per heavy atom. The molecule has 2 saturated heterocycles. The molecule has 1 aliphatic carbocycles. The number of aromatic nitrogens is 2. The van der Waals surface area contributed by atoms with Crippen molar-refractivity contribution in [1.29, 1.82) is 0 Å². The zero-order valence-electron chi connectivity index (χ0n) is 37.2. The predicted molar refractivity (Wildman–Crippen MR) is 232 cm³/mol. The Morgan fingerprint density at radius 2 is 1.64 bits per heavy atom. The summed E-state index contributed by atoms with van der Waals surface area (Å²) in [5, 5.41) is 18.4. The monoisotopic (exact) mass is 842 g/mol. The van der Waals surface area contributed by atoms with Crippen LogP contribution in [0.4, 0.5) is 0 Å². The highest BCUT2D eigenvalue weighted by atomic mass is 16.5. The van der Waals surface area contributed by atoms with E-state index in [2.05, 4.69) is 40.0 Å². The zero-order valence-corrected chi connectivity index (χ0v) is 37.2. The molecule has 332 valence electrons. The molecular weight excluding hydrogens is 775 g/mol. The summed E-state index contributed by atoms with van der Waals surface area (Å²) in [7, 11) is 4.92. The van der Waals surface area contributed by atoms with Crippen molar-refractivity contribution >= 4 is 23.6 Å². The van der Waals surface area contributed by atoms with E-state index in [4.69, 9.17) is 13.9 Å². The van der Waals surface area contributed by atoms with Gasteiger partial charge in [0.15, 0.2) is 0 Å². The minimum atomic E-state index is -0.728. The maximum atomic E-state index is 14.4. The first-order valence-electron chi connectivity index (χ1n) is 22.3. The minimum Gasteiger partial charge on any atom is -0.418 e. The van der Waals surface area contributed by atoms with Crippen LogP contribution in [0.3, 0.4) is 0 Å². The van der Waals surface area contributed by atoms with Crippen LogP contribution in [-0.4, -0.2) is 114 Å². The maximum Gasteiger partial charge on any atom is 0.247 e. The molecule has 3 aliphatic rings. The summed E-state index contributed by atoms with van der Waals surface area (Å²) in [4.78, 5) is 60.0. The Labute approximate surface area is 361 Å². The van der Waals surface area contributed by atoms with E-state index < -0.39 is 36.3 Å². The summed E-state index contributed by atoms with van der Waals surface area (Å²) in [6, 6.07) is 17.2. The van der Waals surface area contributed by atoms with Gasteiger partial charge < -0.3 is 39.6 Å². The highest BCUT2D eigenvalue weighted by Crippen LogP contribution is 2.36. The molecule has 3 N–H and O–H groups in total. The second-order valence-electron chi connectivity index (χ2n) is 17.8. The van der Waals surface area contributed by atoms with Crippen LogP contribution in [0.1, 0.15) is 97.1 Å². The molecule has 2 unspecified atom stereocenters. The Morgan fingerprint density at radius 3 is 2.25 bits per heavy atom. The third kappa shape index (κ3) is 10.7. The van der Waals surface area contributed by atoms with Crippen molar-refractivity contribution in [3.05, 3.63) is 72.1 Å². The fourth-order valence-corrected chi connectivity index (χ4v) is 9.86. The normalized spacial score (nSPS) is 23.2. The largest absolute Gasteiger partial charge is 0.418 e. The molecule has 2 aliphatic heterocycles. The average Bonchev–Trinajstić information content (AvgIpc) is 4.12. The lowest BCUT2D eigenvalue weighted by molar-refractivity contribution is -0.147. The van der Waals surface area contributed by atoms with Crippen molar-refractivity contribution in [1.82, 2.24) is 35.9 Å². The molecule has 6 rings (SSSR count). The molecule has 2 aromatic carbocycles. The van der Waals surface area contributed by atoms with Crippen LogP contribution in [0.5, 0.6) is 0 Å². The van der Waals surface area contributed by atoms with E-state index in [0.717, 1.165) is 43.2 Å². The van der Waals surface area contributed by atoms with Crippen molar-refractivity contribution in [2.45, 2.75) is 134 Å². The van der Waals surface area contributed by atoms with Crippen LogP contribution in [0, 0.1) is 23.7 Å². The molecule has 1 aromatic heterocycles. The van der Waals surface area contributed by atoms with E-state index in [1.54, 1.807) is 26.2 Å². The van der Waals surface area contributed by atoms with Gasteiger partial charge in [0.1, 0.15) is 12.1 Å². The number of methoxy groups -OCH3 is 2. The van der Waals surface area contributed by atoms with Gasteiger partial charge >= 0.3 is 0 Å². The summed E-state index contributed by atoms with van der Waals surface area (Å²) >= 11 is 0. The number of benzene rings is 2. The van der Waals surface area contributed by atoms with Crippen LogP contribution in [0.25, 0.3) is 11.5 Å². The number of nitrogens with zero attached hydrogens (tertiary/aromatic N) is 4. The first-order valence-corrected chi connectivity index (χ1v) is 22.3. The fraction of sp³-hybridized carbons (Fsp3) is 0.617. The average molecular weight is 842 g/mol. The van der Waals surface area contributed by atoms with Gasteiger partial charge in [-0.05, 0) is 67.6 Å². The number of carbonyl (C=O) groups excluding carboxylic acids is 4. The standard InChI is InChI=1S/C47H67N7O7/c1-9-29(4)41(53(6)47(58)39(28(2)3)50-44(57)40-33-22-23-34(26-33)48-40)37(59-7)27-38(55)54-24-16-21-36(54)42(60-8)30(5)43(56)49-35(25-31-17-12-10-13-18-31)46-52-51-45(61-46)32-19-14-11-15-20-32/h10-15,17-20,28-30,33-37,39-42,48H,9,16,21-27H2,1-8H3,(H,49,56)(H,50,57)/t29-,30+,33-,34+,35-,36?,37+,39?,40-,41-,42+/m0/s1. The number of fused-ring (bicyclic) bond motifs is 2. The van der Waals surface area contributed by atoms with E-state index in [1.807, 2.05) is 86.3 Å². The van der Waals surface area contributed by atoms with Crippen LogP contribution in [0.2, 0.25) is 0 Å². The Bertz CT molecular complexity index is 1910. The number of carbonyl (C=O) groups is 4. The Balaban J connectivity index is 1.14. The number of ether oxygens (including phenoxy) is 2. The number of piperidine rings is 1. The number of likely N-dealkylation sites (N-methyl/N-ethyl adjacent to an activating group) is 1. The Hall–Kier alpha value is -4.66. The van der Waals surface area contributed by atoms with Gasteiger partial charge in [0.05, 0.1) is 42.7 Å². The second-order valence-corrected chi connectivity index (χ2v) is 17.8. The van der Waals surface area contributed by atoms with E-state index in [-0.39, 0.29) is 54.0 Å². The summed E-state index contributed by atoms with van der Waals surface area (Å²) in [5.74, 6) is -0.580. The molecule has 14 heteroatoms. The van der Waals surface area contributed by atoms with Crippen molar-refractivity contribution in [2.75, 3.05) is 27.8 Å². The molecule has 4 amide bonds. The molecule has 3 fully saturated rings. The lowest BCUT2D eigenvalue weighted by atomic mass is 9.89. The van der Waals surface area contributed by atoms with Crippen LogP contribution < -0.4 is 16.0 Å². The van der Waals surface area contributed by atoms with Gasteiger partial charge in [-0.2, -0.15) is 0 Å². The molecule has 61 heavy (non-hydrogen) atoms. The smallest absolute Gasteiger partial charge is 0.247 e. The third-order valence-electron chi connectivity index (χ3n) is 13.5. The molecule has 2 bridgehead atoms. The van der Waals surface area contributed by atoms with Gasteiger partial charge in [0.2, 0.25) is 35.4 Å². The highest BCUT2D eigenvalue weighted by molar-refractivity contribution is 5.90. The van der Waals surface area contributed by atoms with Crippen molar-refractivity contribution in [2.24, 2.45) is 23.7 Å². The summed E-state index contributed by atoms with van der Waals surface area (Å²) in [6.07, 6.45) is 4.51. The van der Waals surface area contributed by atoms with E-state index in [0.29, 0.717) is 43.1 Å². The topological polar surface area (TPSA) is 168 Å². The maximum absolute atomic E-state index is 14.4. The van der Waals surface area contributed by atoms with Crippen molar-refractivity contribution < 1.29 is 33.1 Å². The first kappa shape index (κ1) is 45.9. The summed E-state index contributed by atoms with van der Waals surface area (Å²) < 4.78 is 18.3. The molecule has 11 atom stereocenters. The summed E-state index contributed by atoms with van der Waals surface area (Å²) in [5.41, 5.74) is 1.77. The quantitative estimate of drug-likeness (QED) is 0.135. The van der Waals surface area contributed by atoms with Gasteiger partial charge in [-0.25, -0.2) is 0 Å². The number of amides is 4. The minimum absolute atomic E-state index is 0.0151.